The Hall–Kier alpha value is -2.34. The molecular formula is C22H24ClFN4O4S2. The van der Waals surface area contributed by atoms with Crippen molar-refractivity contribution in [1.29, 1.82) is 0 Å². The monoisotopic (exact) mass is 526 g/mol. The van der Waals surface area contributed by atoms with Gasteiger partial charge in [0.1, 0.15) is 11.9 Å². The predicted molar refractivity (Wildman–Crippen MR) is 129 cm³/mol. The molecule has 2 aliphatic rings. The van der Waals surface area contributed by atoms with Crippen LogP contribution in [0.2, 0.25) is 5.02 Å². The van der Waals surface area contributed by atoms with Crippen molar-refractivity contribution in [2.24, 2.45) is 10.9 Å². The van der Waals surface area contributed by atoms with Gasteiger partial charge in [0, 0.05) is 22.8 Å². The minimum absolute atomic E-state index is 0.124. The third kappa shape index (κ3) is 4.74. The number of esters is 1. The van der Waals surface area contributed by atoms with E-state index in [1.54, 1.807) is 17.6 Å². The van der Waals surface area contributed by atoms with Crippen molar-refractivity contribution in [3.05, 3.63) is 62.5 Å². The Morgan fingerprint density at radius 2 is 2.03 bits per heavy atom. The number of allylic oxidation sites excluding steroid dienone is 1. The van der Waals surface area contributed by atoms with Crippen LogP contribution in [0.1, 0.15) is 42.3 Å². The molecule has 1 atom stereocenters. The van der Waals surface area contributed by atoms with Crippen molar-refractivity contribution < 1.29 is 22.3 Å². The van der Waals surface area contributed by atoms with Gasteiger partial charge in [-0.3, -0.25) is 4.99 Å². The summed E-state index contributed by atoms with van der Waals surface area (Å²) < 4.78 is 46.4. The number of thiazole rings is 1. The fourth-order valence-electron chi connectivity index (χ4n) is 4.46. The second-order valence-electron chi connectivity index (χ2n) is 8.03. The Morgan fingerprint density at radius 3 is 2.65 bits per heavy atom. The van der Waals surface area contributed by atoms with Gasteiger partial charge in [-0.15, -0.1) is 11.3 Å². The Kier molecular flexibility index (Phi) is 7.36. The highest BCUT2D eigenvalue weighted by molar-refractivity contribution is 7.90. The standard InChI is InChI=1S/C22H24ClFN4O4S2/c1-25-34(30,31)13-8-6-12(7-9-13)18-16(22(29)32-2)19(14-4-3-5-15(24)17(14)23)28-20(27-18)21-26-10-11-33-21/h3-5,10-13,19,25H,6-9H2,1-2H3,(H,27,28)/t12-,13-,19?. The maximum atomic E-state index is 14.4. The lowest BCUT2D eigenvalue weighted by Gasteiger charge is -2.34. The first-order valence-corrected chi connectivity index (χ1v) is 13.5. The average Bonchev–Trinajstić information content (AvgIpc) is 3.40. The number of aromatic nitrogens is 1. The summed E-state index contributed by atoms with van der Waals surface area (Å²) in [6.45, 7) is 0. The molecule has 8 nitrogen and oxygen atoms in total. The molecule has 0 spiro atoms. The number of aliphatic imine (C=N–C) groups is 1. The molecule has 1 aliphatic carbocycles. The maximum Gasteiger partial charge on any atom is 0.338 e. The third-order valence-corrected chi connectivity index (χ3v) is 9.29. The van der Waals surface area contributed by atoms with Gasteiger partial charge in [0.2, 0.25) is 10.0 Å². The number of hydrogen-bond donors (Lipinski definition) is 2. The second kappa shape index (κ2) is 10.1. The van der Waals surface area contributed by atoms with Gasteiger partial charge in [0.15, 0.2) is 10.8 Å². The molecule has 0 bridgehead atoms. The molecule has 1 fully saturated rings. The van der Waals surface area contributed by atoms with E-state index in [-0.39, 0.29) is 16.5 Å². The first kappa shape index (κ1) is 24.8. The summed E-state index contributed by atoms with van der Waals surface area (Å²) in [5.74, 6) is -0.947. The number of sulfonamides is 1. The second-order valence-corrected chi connectivity index (χ2v) is 11.5. The molecule has 2 heterocycles. The Bertz CT molecular complexity index is 1240. The molecule has 0 radical (unpaired) electrons. The van der Waals surface area contributed by atoms with Crippen LogP contribution in [-0.2, 0) is 19.6 Å². The smallest absolute Gasteiger partial charge is 0.338 e. The number of rotatable bonds is 6. The van der Waals surface area contributed by atoms with Gasteiger partial charge >= 0.3 is 5.97 Å². The van der Waals surface area contributed by atoms with Crippen LogP contribution in [0, 0.1) is 11.7 Å². The molecule has 1 aliphatic heterocycles. The normalized spacial score (nSPS) is 23.3. The number of carbonyl (C=O) groups is 1. The van der Waals surface area contributed by atoms with Gasteiger partial charge in [-0.05, 0) is 44.7 Å². The summed E-state index contributed by atoms with van der Waals surface area (Å²) in [5, 5.41) is 5.05. The molecule has 0 amide bonds. The Balaban J connectivity index is 1.80. The Morgan fingerprint density at radius 1 is 1.29 bits per heavy atom. The fraction of sp³-hybridized carbons (Fsp3) is 0.409. The highest BCUT2D eigenvalue weighted by atomic mass is 35.5. The molecule has 1 unspecified atom stereocenters. The highest BCUT2D eigenvalue weighted by Crippen LogP contribution is 2.42. The van der Waals surface area contributed by atoms with Crippen LogP contribution in [0.25, 0.3) is 0 Å². The number of carbonyl (C=O) groups excluding carboxylic acids is 1. The summed E-state index contributed by atoms with van der Waals surface area (Å²) in [6, 6.07) is 3.47. The zero-order valence-corrected chi connectivity index (χ0v) is 20.9. The zero-order chi connectivity index (χ0) is 24.5. The van der Waals surface area contributed by atoms with E-state index in [1.807, 2.05) is 0 Å². The van der Waals surface area contributed by atoms with E-state index in [9.17, 15) is 17.6 Å². The van der Waals surface area contributed by atoms with Gasteiger partial charge in [-0.2, -0.15) is 0 Å². The molecule has 182 valence electrons. The van der Waals surface area contributed by atoms with Crippen LogP contribution in [0.4, 0.5) is 4.39 Å². The number of methoxy groups -OCH3 is 1. The van der Waals surface area contributed by atoms with Crippen molar-refractivity contribution in [2.45, 2.75) is 37.0 Å². The minimum Gasteiger partial charge on any atom is -0.466 e. The molecule has 4 rings (SSSR count). The molecule has 2 aromatic rings. The van der Waals surface area contributed by atoms with Gasteiger partial charge in [-0.1, -0.05) is 23.7 Å². The average molecular weight is 527 g/mol. The lowest BCUT2D eigenvalue weighted by molar-refractivity contribution is -0.136. The lowest BCUT2D eigenvalue weighted by Crippen LogP contribution is -2.40. The summed E-state index contributed by atoms with van der Waals surface area (Å²) >= 11 is 7.67. The van der Waals surface area contributed by atoms with E-state index in [4.69, 9.17) is 21.3 Å². The van der Waals surface area contributed by atoms with E-state index < -0.39 is 33.1 Å². The highest BCUT2D eigenvalue weighted by Gasteiger charge is 2.39. The van der Waals surface area contributed by atoms with Gasteiger partial charge in [-0.25, -0.2) is 27.3 Å². The van der Waals surface area contributed by atoms with Crippen molar-refractivity contribution >= 4 is 44.8 Å². The molecule has 1 aromatic heterocycles. The largest absolute Gasteiger partial charge is 0.466 e. The molecule has 0 saturated heterocycles. The van der Waals surface area contributed by atoms with Crippen molar-refractivity contribution in [1.82, 2.24) is 15.0 Å². The zero-order valence-electron chi connectivity index (χ0n) is 18.5. The molecule has 34 heavy (non-hydrogen) atoms. The van der Waals surface area contributed by atoms with Gasteiger partial charge < -0.3 is 10.1 Å². The number of benzene rings is 1. The minimum atomic E-state index is -3.39. The lowest BCUT2D eigenvalue weighted by atomic mass is 9.82. The van der Waals surface area contributed by atoms with Crippen LogP contribution < -0.4 is 10.0 Å². The maximum absolute atomic E-state index is 14.4. The number of hydrogen-bond acceptors (Lipinski definition) is 8. The van der Waals surface area contributed by atoms with Crippen LogP contribution >= 0.6 is 22.9 Å². The van der Waals surface area contributed by atoms with E-state index in [1.165, 1.54) is 37.6 Å². The molecule has 2 N–H and O–H groups in total. The number of amidine groups is 1. The van der Waals surface area contributed by atoms with Crippen molar-refractivity contribution in [3.8, 4) is 0 Å². The summed E-state index contributed by atoms with van der Waals surface area (Å²) in [6.07, 6.45) is 3.57. The predicted octanol–water partition coefficient (Wildman–Crippen LogP) is 3.56. The number of halogens is 2. The van der Waals surface area contributed by atoms with E-state index in [0.717, 1.165) is 0 Å². The first-order valence-electron chi connectivity index (χ1n) is 10.7. The van der Waals surface area contributed by atoms with Crippen molar-refractivity contribution in [3.63, 3.8) is 0 Å². The van der Waals surface area contributed by atoms with Crippen LogP contribution in [-0.4, -0.2) is 44.6 Å². The fourth-order valence-corrected chi connectivity index (χ4v) is 6.50. The summed E-state index contributed by atoms with van der Waals surface area (Å²) in [4.78, 5) is 22.0. The number of ether oxygens (including phenoxy) is 1. The topological polar surface area (TPSA) is 110 Å². The molecule has 12 heteroatoms. The van der Waals surface area contributed by atoms with Gasteiger partial charge in [0.05, 0.1) is 23.0 Å². The number of nitrogens with one attached hydrogen (secondary N) is 2. The SMILES string of the molecule is CNS(=O)(=O)[C@H]1CC[C@H](C2=C(C(=O)OC)C(c3cccc(F)c3Cl)N=C(c3nccs3)N2)CC1. The van der Waals surface area contributed by atoms with E-state index in [2.05, 4.69) is 15.0 Å². The molecule has 1 saturated carbocycles. The summed E-state index contributed by atoms with van der Waals surface area (Å²) in [5.41, 5.74) is 1.15. The molecule has 1 aromatic carbocycles. The quantitative estimate of drug-likeness (QED) is 0.557. The Labute approximate surface area is 206 Å². The first-order chi connectivity index (χ1) is 16.3. The van der Waals surface area contributed by atoms with Crippen molar-refractivity contribution in [2.75, 3.05) is 14.2 Å². The number of nitrogens with zero attached hydrogens (tertiary/aromatic N) is 2. The van der Waals surface area contributed by atoms with Gasteiger partial charge in [0.25, 0.3) is 0 Å². The van der Waals surface area contributed by atoms with Crippen LogP contribution in [0.5, 0.6) is 0 Å². The molecular weight excluding hydrogens is 503 g/mol. The van der Waals surface area contributed by atoms with E-state index in [0.29, 0.717) is 47.8 Å². The van der Waals surface area contributed by atoms with Crippen LogP contribution in [0.15, 0.2) is 46.0 Å². The summed E-state index contributed by atoms with van der Waals surface area (Å²) in [7, 11) is -0.709. The van der Waals surface area contributed by atoms with Crippen LogP contribution in [0.3, 0.4) is 0 Å². The van der Waals surface area contributed by atoms with E-state index >= 15 is 0 Å². The third-order valence-electron chi connectivity index (χ3n) is 6.20.